The third-order valence-electron chi connectivity index (χ3n) is 4.24. The molecule has 17 heavy (non-hydrogen) atoms. The molecule has 1 saturated heterocycles. The van der Waals surface area contributed by atoms with Crippen molar-refractivity contribution >= 4 is 0 Å². The lowest BCUT2D eigenvalue weighted by molar-refractivity contribution is 0.227. The number of nitrogens with two attached hydrogens (primary N) is 1. The molecule has 0 aromatic heterocycles. The van der Waals surface area contributed by atoms with Crippen molar-refractivity contribution in [3.8, 4) is 0 Å². The van der Waals surface area contributed by atoms with Gasteiger partial charge in [0.15, 0.2) is 0 Å². The van der Waals surface area contributed by atoms with Crippen molar-refractivity contribution < 1.29 is 0 Å². The maximum Gasteiger partial charge on any atom is 0.0248 e. The maximum atomic E-state index is 5.90. The Labute approximate surface area is 105 Å². The summed E-state index contributed by atoms with van der Waals surface area (Å²) in [6.07, 6.45) is 1.28. The molecule has 94 valence electrons. The van der Waals surface area contributed by atoms with Crippen LogP contribution < -0.4 is 5.73 Å². The first kappa shape index (κ1) is 12.6. The first-order chi connectivity index (χ1) is 8.13. The van der Waals surface area contributed by atoms with Crippen LogP contribution in [0, 0.1) is 19.8 Å². The summed E-state index contributed by atoms with van der Waals surface area (Å²) >= 11 is 0. The Morgan fingerprint density at radius 1 is 1.29 bits per heavy atom. The van der Waals surface area contributed by atoms with E-state index in [4.69, 9.17) is 5.73 Å². The number of rotatable bonds is 3. The Hall–Kier alpha value is -0.860. The van der Waals surface area contributed by atoms with Gasteiger partial charge in [0, 0.05) is 19.1 Å². The number of nitrogens with zero attached hydrogens (tertiary/aromatic N) is 1. The highest BCUT2D eigenvalue weighted by Gasteiger charge is 2.30. The zero-order valence-electron chi connectivity index (χ0n) is 11.2. The van der Waals surface area contributed by atoms with Crippen LogP contribution in [0.4, 0.5) is 0 Å². The molecule has 2 heteroatoms. The Balaban J connectivity index is 2.16. The number of aryl methyl sites for hydroxylation is 2. The predicted molar refractivity (Wildman–Crippen MR) is 72.9 cm³/mol. The van der Waals surface area contributed by atoms with Gasteiger partial charge in [-0.1, -0.05) is 25.1 Å². The number of benzene rings is 1. The molecule has 1 aromatic carbocycles. The lowest BCUT2D eigenvalue weighted by Gasteiger charge is -2.27. The van der Waals surface area contributed by atoms with E-state index in [1.165, 1.54) is 29.7 Å². The fourth-order valence-corrected chi connectivity index (χ4v) is 2.97. The molecule has 2 unspecified atom stereocenters. The molecule has 0 aliphatic carbocycles. The van der Waals surface area contributed by atoms with Gasteiger partial charge in [-0.05, 0) is 49.4 Å². The maximum absolute atomic E-state index is 5.90. The molecule has 2 N–H and O–H groups in total. The van der Waals surface area contributed by atoms with Gasteiger partial charge in [0.25, 0.3) is 0 Å². The lowest BCUT2D eigenvalue weighted by atomic mass is 10.0. The van der Waals surface area contributed by atoms with Crippen molar-refractivity contribution in [3.05, 3.63) is 34.9 Å². The van der Waals surface area contributed by atoms with E-state index < -0.39 is 0 Å². The molecular weight excluding hydrogens is 208 g/mol. The van der Waals surface area contributed by atoms with E-state index in [0.29, 0.717) is 6.04 Å². The molecular formula is C15H24N2. The Morgan fingerprint density at radius 3 is 2.53 bits per heavy atom. The van der Waals surface area contributed by atoms with Crippen molar-refractivity contribution in [2.24, 2.45) is 11.7 Å². The molecule has 0 amide bonds. The monoisotopic (exact) mass is 232 g/mol. The third kappa shape index (κ3) is 2.53. The van der Waals surface area contributed by atoms with Crippen LogP contribution in [0.1, 0.15) is 30.0 Å². The molecule has 0 spiro atoms. The van der Waals surface area contributed by atoms with Gasteiger partial charge < -0.3 is 5.73 Å². The predicted octanol–water partition coefficient (Wildman–Crippen LogP) is 2.47. The summed E-state index contributed by atoms with van der Waals surface area (Å²) in [5.41, 5.74) is 10.2. The average Bonchev–Trinajstić information content (AvgIpc) is 2.64. The zero-order chi connectivity index (χ0) is 12.4. The smallest absolute Gasteiger partial charge is 0.0248 e. The van der Waals surface area contributed by atoms with E-state index in [0.717, 1.165) is 19.0 Å². The van der Waals surface area contributed by atoms with Crippen LogP contribution in [-0.2, 0) is 6.54 Å². The summed E-state index contributed by atoms with van der Waals surface area (Å²) in [6.45, 7) is 9.77. The van der Waals surface area contributed by atoms with Crippen LogP contribution in [0.25, 0.3) is 0 Å². The van der Waals surface area contributed by atoms with Gasteiger partial charge in [-0.15, -0.1) is 0 Å². The van der Waals surface area contributed by atoms with Gasteiger partial charge in [0.2, 0.25) is 0 Å². The largest absolute Gasteiger partial charge is 0.329 e. The van der Waals surface area contributed by atoms with Gasteiger partial charge in [-0.2, -0.15) is 0 Å². The minimum absolute atomic E-state index is 0.564. The molecule has 1 aromatic rings. The number of likely N-dealkylation sites (tertiary alicyclic amines) is 1. The van der Waals surface area contributed by atoms with E-state index in [-0.39, 0.29) is 0 Å². The zero-order valence-corrected chi connectivity index (χ0v) is 11.2. The fraction of sp³-hybridized carbons (Fsp3) is 0.600. The van der Waals surface area contributed by atoms with E-state index >= 15 is 0 Å². The van der Waals surface area contributed by atoms with Crippen LogP contribution in [0.2, 0.25) is 0 Å². The molecule has 1 fully saturated rings. The molecule has 2 nitrogen and oxygen atoms in total. The number of hydrogen-bond donors (Lipinski definition) is 1. The number of hydrogen-bond acceptors (Lipinski definition) is 2. The van der Waals surface area contributed by atoms with E-state index in [1.807, 2.05) is 0 Å². The van der Waals surface area contributed by atoms with Gasteiger partial charge in [0.05, 0.1) is 0 Å². The Morgan fingerprint density at radius 2 is 1.94 bits per heavy atom. The normalized spacial score (nSPS) is 25.4. The summed E-state index contributed by atoms with van der Waals surface area (Å²) in [6, 6.07) is 7.12. The molecule has 1 heterocycles. The quantitative estimate of drug-likeness (QED) is 0.867. The molecule has 1 aliphatic heterocycles. The summed E-state index contributed by atoms with van der Waals surface area (Å²) in [5, 5.41) is 0. The van der Waals surface area contributed by atoms with Crippen LogP contribution >= 0.6 is 0 Å². The average molecular weight is 232 g/mol. The summed E-state index contributed by atoms with van der Waals surface area (Å²) in [7, 11) is 0. The van der Waals surface area contributed by atoms with Gasteiger partial charge >= 0.3 is 0 Å². The Bertz CT molecular complexity index is 366. The van der Waals surface area contributed by atoms with Gasteiger partial charge in [-0.3, -0.25) is 4.90 Å². The first-order valence-electron chi connectivity index (χ1n) is 6.62. The van der Waals surface area contributed by atoms with Gasteiger partial charge in [0.1, 0.15) is 0 Å². The molecule has 2 atom stereocenters. The lowest BCUT2D eigenvalue weighted by Crippen LogP contribution is -2.38. The first-order valence-corrected chi connectivity index (χ1v) is 6.62. The fourth-order valence-electron chi connectivity index (χ4n) is 2.97. The van der Waals surface area contributed by atoms with Crippen LogP contribution in [0.5, 0.6) is 0 Å². The van der Waals surface area contributed by atoms with Crippen molar-refractivity contribution in [1.29, 1.82) is 0 Å². The van der Waals surface area contributed by atoms with E-state index in [2.05, 4.69) is 43.9 Å². The van der Waals surface area contributed by atoms with Crippen molar-refractivity contribution in [1.82, 2.24) is 4.90 Å². The molecule has 0 saturated carbocycles. The topological polar surface area (TPSA) is 29.3 Å². The van der Waals surface area contributed by atoms with E-state index in [1.54, 1.807) is 0 Å². The third-order valence-corrected chi connectivity index (χ3v) is 4.24. The summed E-state index contributed by atoms with van der Waals surface area (Å²) in [4.78, 5) is 2.56. The summed E-state index contributed by atoms with van der Waals surface area (Å²) in [5.74, 6) is 0.740. The molecule has 0 radical (unpaired) electrons. The van der Waals surface area contributed by atoms with Crippen molar-refractivity contribution in [2.75, 3.05) is 13.1 Å². The van der Waals surface area contributed by atoms with Crippen LogP contribution in [0.15, 0.2) is 18.2 Å². The van der Waals surface area contributed by atoms with E-state index in [9.17, 15) is 0 Å². The van der Waals surface area contributed by atoms with Crippen LogP contribution in [-0.4, -0.2) is 24.0 Å². The molecule has 2 rings (SSSR count). The van der Waals surface area contributed by atoms with Crippen LogP contribution in [0.3, 0.4) is 0 Å². The standard InChI is InChI=1S/C15H24N2/c1-11-5-4-6-12(2)14(11)10-17-8-7-13(3)15(17)9-16/h4-6,13,15H,7-10,16H2,1-3H3. The van der Waals surface area contributed by atoms with Crippen molar-refractivity contribution in [3.63, 3.8) is 0 Å². The second-order valence-electron chi connectivity index (χ2n) is 5.41. The second kappa shape index (κ2) is 5.19. The summed E-state index contributed by atoms with van der Waals surface area (Å²) < 4.78 is 0. The Kier molecular flexibility index (Phi) is 3.85. The molecule has 0 bridgehead atoms. The highest BCUT2D eigenvalue weighted by Crippen LogP contribution is 2.26. The molecule has 1 aliphatic rings. The second-order valence-corrected chi connectivity index (χ2v) is 5.41. The van der Waals surface area contributed by atoms with Gasteiger partial charge in [-0.25, -0.2) is 0 Å². The minimum Gasteiger partial charge on any atom is -0.329 e. The van der Waals surface area contributed by atoms with Crippen molar-refractivity contribution in [2.45, 2.75) is 39.8 Å². The SMILES string of the molecule is Cc1cccc(C)c1CN1CCC(C)C1CN. The minimum atomic E-state index is 0.564. The highest BCUT2D eigenvalue weighted by molar-refractivity contribution is 5.33. The highest BCUT2D eigenvalue weighted by atomic mass is 15.2.